The van der Waals surface area contributed by atoms with Crippen LogP contribution in [0, 0.1) is 5.82 Å². The molecule has 20 heavy (non-hydrogen) atoms. The molecule has 0 atom stereocenters. The minimum absolute atomic E-state index is 0.0649. The van der Waals surface area contributed by atoms with E-state index in [2.05, 4.69) is 13.8 Å². The topological polar surface area (TPSA) is 26.3 Å². The van der Waals surface area contributed by atoms with Gasteiger partial charge in [-0.15, -0.1) is 0 Å². The van der Waals surface area contributed by atoms with Gasteiger partial charge in [0.1, 0.15) is 17.9 Å². The lowest BCUT2D eigenvalue weighted by Crippen LogP contribution is -2.18. The molecule has 0 fully saturated rings. The van der Waals surface area contributed by atoms with Crippen LogP contribution in [-0.2, 0) is 5.41 Å². The van der Waals surface area contributed by atoms with Crippen LogP contribution >= 0.6 is 0 Å². The van der Waals surface area contributed by atoms with Crippen molar-refractivity contribution < 1.29 is 13.9 Å². The molecule has 0 saturated carbocycles. The van der Waals surface area contributed by atoms with Gasteiger partial charge in [0, 0.05) is 22.1 Å². The van der Waals surface area contributed by atoms with Crippen LogP contribution in [0.2, 0.25) is 0 Å². The Morgan fingerprint density at radius 3 is 2.70 bits per heavy atom. The molecule has 0 radical (unpaired) electrons. The third-order valence-electron chi connectivity index (χ3n) is 3.74. The summed E-state index contributed by atoms with van der Waals surface area (Å²) in [5.41, 5.74) is 2.67. The third kappa shape index (κ3) is 1.99. The summed E-state index contributed by atoms with van der Waals surface area (Å²) in [4.78, 5) is 10.7. The second-order valence-electron chi connectivity index (χ2n) is 5.74. The molecule has 0 N–H and O–H groups in total. The lowest BCUT2D eigenvalue weighted by molar-refractivity contribution is 0.112. The van der Waals surface area contributed by atoms with Crippen molar-refractivity contribution >= 4 is 6.29 Å². The lowest BCUT2D eigenvalue weighted by atomic mass is 9.85. The van der Waals surface area contributed by atoms with Gasteiger partial charge in [0.05, 0.1) is 6.61 Å². The van der Waals surface area contributed by atoms with Gasteiger partial charge in [-0.2, -0.15) is 0 Å². The highest BCUT2D eigenvalue weighted by Gasteiger charge is 2.31. The monoisotopic (exact) mass is 270 g/mol. The summed E-state index contributed by atoms with van der Waals surface area (Å²) in [6, 6.07) is 10.2. The number of fused-ring (bicyclic) bond motifs is 1. The van der Waals surface area contributed by atoms with Crippen molar-refractivity contribution in [3.05, 3.63) is 53.3 Å². The van der Waals surface area contributed by atoms with Crippen LogP contribution in [0.3, 0.4) is 0 Å². The van der Waals surface area contributed by atoms with Crippen LogP contribution in [0.15, 0.2) is 36.4 Å². The molecule has 0 unspecified atom stereocenters. The summed E-state index contributed by atoms with van der Waals surface area (Å²) in [5, 5.41) is 0. The zero-order valence-electron chi connectivity index (χ0n) is 11.4. The highest BCUT2D eigenvalue weighted by atomic mass is 19.1. The second kappa shape index (κ2) is 4.44. The first kappa shape index (κ1) is 12.9. The fourth-order valence-electron chi connectivity index (χ4n) is 2.53. The molecular formula is C17H15FO2. The number of hydrogen-bond acceptors (Lipinski definition) is 2. The number of benzene rings is 2. The smallest absolute Gasteiger partial charge is 0.150 e. The molecule has 0 saturated heterocycles. The fraction of sp³-hybridized carbons (Fsp3) is 0.235. The Hall–Kier alpha value is -2.16. The van der Waals surface area contributed by atoms with Gasteiger partial charge in [0.25, 0.3) is 0 Å². The molecule has 3 rings (SSSR count). The SMILES string of the molecule is CC1(C)COc2ccc(-c3ccc(C=O)cc3F)cc21. The number of aldehydes is 1. The van der Waals surface area contributed by atoms with Gasteiger partial charge in [-0.25, -0.2) is 4.39 Å². The molecule has 0 aliphatic carbocycles. The quantitative estimate of drug-likeness (QED) is 0.772. The summed E-state index contributed by atoms with van der Waals surface area (Å²) >= 11 is 0. The molecule has 2 aromatic rings. The van der Waals surface area contributed by atoms with Crippen molar-refractivity contribution in [3.63, 3.8) is 0 Å². The Morgan fingerprint density at radius 1 is 1.20 bits per heavy atom. The van der Waals surface area contributed by atoms with Crippen LogP contribution in [0.1, 0.15) is 29.8 Å². The average molecular weight is 270 g/mol. The molecule has 1 aliphatic rings. The number of carbonyl (C=O) groups is 1. The first-order valence-corrected chi connectivity index (χ1v) is 6.54. The highest BCUT2D eigenvalue weighted by molar-refractivity contribution is 5.77. The maximum atomic E-state index is 14.1. The van der Waals surface area contributed by atoms with Crippen molar-refractivity contribution in [2.75, 3.05) is 6.61 Å². The zero-order valence-corrected chi connectivity index (χ0v) is 11.4. The molecule has 2 nitrogen and oxygen atoms in total. The molecule has 1 heterocycles. The summed E-state index contributed by atoms with van der Waals surface area (Å²) in [5.74, 6) is 0.481. The maximum absolute atomic E-state index is 14.1. The van der Waals surface area contributed by atoms with Crippen molar-refractivity contribution in [1.82, 2.24) is 0 Å². The van der Waals surface area contributed by atoms with Crippen LogP contribution in [-0.4, -0.2) is 12.9 Å². The van der Waals surface area contributed by atoms with E-state index >= 15 is 0 Å². The molecule has 3 heteroatoms. The Labute approximate surface area is 117 Å². The van der Waals surface area contributed by atoms with Crippen LogP contribution < -0.4 is 4.74 Å². The maximum Gasteiger partial charge on any atom is 0.150 e. The zero-order chi connectivity index (χ0) is 14.3. The van der Waals surface area contributed by atoms with Crippen LogP contribution in [0.4, 0.5) is 4.39 Å². The number of ether oxygens (including phenoxy) is 1. The lowest BCUT2D eigenvalue weighted by Gasteiger charge is -2.16. The molecular weight excluding hydrogens is 255 g/mol. The molecule has 0 amide bonds. The van der Waals surface area contributed by atoms with Crippen LogP contribution in [0.25, 0.3) is 11.1 Å². The second-order valence-corrected chi connectivity index (χ2v) is 5.74. The summed E-state index contributed by atoms with van der Waals surface area (Å²) in [7, 11) is 0. The minimum atomic E-state index is -0.383. The van der Waals surface area contributed by atoms with E-state index in [1.807, 2.05) is 18.2 Å². The number of halogens is 1. The van der Waals surface area contributed by atoms with Crippen LogP contribution in [0.5, 0.6) is 5.75 Å². The highest BCUT2D eigenvalue weighted by Crippen LogP contribution is 2.40. The van der Waals surface area contributed by atoms with Gasteiger partial charge in [0.15, 0.2) is 0 Å². The number of hydrogen-bond donors (Lipinski definition) is 0. The average Bonchev–Trinajstić information content (AvgIpc) is 2.74. The third-order valence-corrected chi connectivity index (χ3v) is 3.74. The first-order chi connectivity index (χ1) is 9.51. The van der Waals surface area contributed by atoms with Gasteiger partial charge >= 0.3 is 0 Å². The van der Waals surface area contributed by atoms with Crippen molar-refractivity contribution in [3.8, 4) is 16.9 Å². The molecule has 2 aromatic carbocycles. The van der Waals surface area contributed by atoms with E-state index in [0.29, 0.717) is 24.0 Å². The molecule has 102 valence electrons. The van der Waals surface area contributed by atoms with Gasteiger partial charge in [-0.1, -0.05) is 32.0 Å². The molecule has 0 bridgehead atoms. The fourth-order valence-corrected chi connectivity index (χ4v) is 2.53. The standard InChI is InChI=1S/C17H15FO2/c1-17(2)10-20-16-6-4-12(8-14(16)17)13-5-3-11(9-19)7-15(13)18/h3-9H,10H2,1-2H3. The van der Waals surface area contributed by atoms with Crippen molar-refractivity contribution in [1.29, 1.82) is 0 Å². The summed E-state index contributed by atoms with van der Waals surface area (Å²) in [6.07, 6.45) is 0.645. The van der Waals surface area contributed by atoms with Gasteiger partial charge in [0.2, 0.25) is 0 Å². The van der Waals surface area contributed by atoms with E-state index in [9.17, 15) is 9.18 Å². The number of rotatable bonds is 2. The van der Waals surface area contributed by atoms with E-state index in [-0.39, 0.29) is 11.2 Å². The first-order valence-electron chi connectivity index (χ1n) is 6.54. The number of carbonyl (C=O) groups excluding carboxylic acids is 1. The van der Waals surface area contributed by atoms with E-state index in [4.69, 9.17) is 4.74 Å². The predicted octanol–water partition coefficient (Wildman–Crippen LogP) is 3.98. The molecule has 0 aromatic heterocycles. The Kier molecular flexibility index (Phi) is 2.85. The van der Waals surface area contributed by atoms with E-state index in [1.54, 1.807) is 12.1 Å². The van der Waals surface area contributed by atoms with E-state index < -0.39 is 0 Å². The summed E-state index contributed by atoms with van der Waals surface area (Å²) < 4.78 is 19.7. The Balaban J connectivity index is 2.10. The predicted molar refractivity (Wildman–Crippen MR) is 75.7 cm³/mol. The minimum Gasteiger partial charge on any atom is -0.492 e. The molecule has 1 aliphatic heterocycles. The molecule has 0 spiro atoms. The largest absolute Gasteiger partial charge is 0.492 e. The Bertz CT molecular complexity index is 689. The van der Waals surface area contributed by atoms with Crippen molar-refractivity contribution in [2.24, 2.45) is 0 Å². The normalized spacial score (nSPS) is 15.6. The summed E-state index contributed by atoms with van der Waals surface area (Å²) in [6.45, 7) is 4.85. The van der Waals surface area contributed by atoms with E-state index in [1.165, 1.54) is 6.07 Å². The van der Waals surface area contributed by atoms with Gasteiger partial charge < -0.3 is 4.74 Å². The Morgan fingerprint density at radius 2 is 2.00 bits per heavy atom. The van der Waals surface area contributed by atoms with Gasteiger partial charge in [-0.3, -0.25) is 4.79 Å². The van der Waals surface area contributed by atoms with Crippen molar-refractivity contribution in [2.45, 2.75) is 19.3 Å². The van der Waals surface area contributed by atoms with E-state index in [0.717, 1.165) is 16.9 Å². The van der Waals surface area contributed by atoms with Gasteiger partial charge in [-0.05, 0) is 23.8 Å².